The molecule has 36 nitrogen and oxygen atoms in total. The number of fused-ring (bicyclic) bond motifs is 4. The van der Waals surface area contributed by atoms with E-state index in [4.69, 9.17) is 58.8 Å². The van der Waals surface area contributed by atoms with Crippen LogP contribution in [-0.4, -0.2) is 210 Å². The molecule has 9 heterocycles. The van der Waals surface area contributed by atoms with Crippen LogP contribution in [0, 0.1) is 18.8 Å². The number of rotatable bonds is 34. The third kappa shape index (κ3) is 25.1. The van der Waals surface area contributed by atoms with Crippen molar-refractivity contribution in [3.05, 3.63) is 238 Å². The summed E-state index contributed by atoms with van der Waals surface area (Å²) in [4.78, 5) is 83.3. The van der Waals surface area contributed by atoms with Gasteiger partial charge in [-0.15, -0.1) is 17.0 Å². The van der Waals surface area contributed by atoms with Crippen LogP contribution in [0.25, 0.3) is 89.2 Å². The van der Waals surface area contributed by atoms with Crippen LogP contribution in [0.3, 0.4) is 0 Å². The van der Waals surface area contributed by atoms with Gasteiger partial charge in [0.15, 0.2) is 0 Å². The van der Waals surface area contributed by atoms with Crippen LogP contribution in [0.5, 0.6) is 40.2 Å². The summed E-state index contributed by atoms with van der Waals surface area (Å²) >= 11 is 0. The molecule has 0 aliphatic heterocycles. The number of primary amides is 1. The van der Waals surface area contributed by atoms with E-state index < -0.39 is 13.5 Å². The average Bonchev–Trinajstić information content (AvgIpc) is 1.70. The fourth-order valence-corrected chi connectivity index (χ4v) is 15.8. The minimum Gasteiger partial charge on any atom is -0.497 e. The molecule has 0 bridgehead atoms. The molecule has 1 aliphatic carbocycles. The summed E-state index contributed by atoms with van der Waals surface area (Å²) in [6, 6.07) is 46.7. The lowest BCUT2D eigenvalue weighted by Gasteiger charge is -2.27. The van der Waals surface area contributed by atoms with Crippen molar-refractivity contribution in [2.75, 3.05) is 115 Å². The molecule has 1 saturated carbocycles. The smallest absolute Gasteiger partial charge is 0.327 e. The van der Waals surface area contributed by atoms with E-state index in [1.807, 2.05) is 154 Å². The van der Waals surface area contributed by atoms with Gasteiger partial charge in [0.2, 0.25) is 5.91 Å². The fourth-order valence-electron chi connectivity index (χ4n) is 15.3. The predicted octanol–water partition coefficient (Wildman–Crippen LogP) is 16.6. The molecule has 8 aromatic carbocycles. The second kappa shape index (κ2) is 44.4. The largest absolute Gasteiger partial charge is 0.497 e. The molecule has 0 atom stereocenters. The molecule has 9 aromatic heterocycles. The summed E-state index contributed by atoms with van der Waals surface area (Å²) in [7, 11) is 14.8. The van der Waals surface area contributed by atoms with Gasteiger partial charge >= 0.3 is 7.60 Å². The van der Waals surface area contributed by atoms with Crippen molar-refractivity contribution >= 4 is 120 Å². The number of carbonyl (C=O) groups excluding carboxylic acids is 1. The molecule has 0 spiro atoms. The number of anilines is 8. The van der Waals surface area contributed by atoms with Crippen molar-refractivity contribution in [2.45, 2.75) is 60.2 Å². The lowest BCUT2D eigenvalue weighted by Crippen LogP contribution is -2.30. The Kier molecular flexibility index (Phi) is 31.8. The van der Waals surface area contributed by atoms with Gasteiger partial charge in [-0.1, -0.05) is 20.8 Å². The first-order valence-corrected chi connectivity index (χ1v) is 45.9. The van der Waals surface area contributed by atoms with E-state index >= 15 is 0 Å². The molecule has 1 amide bonds. The Hall–Kier alpha value is -15.0. The van der Waals surface area contributed by atoms with E-state index in [2.05, 4.69) is 141 Å². The number of aryl methyl sites for hydroxylation is 4. The van der Waals surface area contributed by atoms with Crippen LogP contribution in [0.4, 0.5) is 45.5 Å². The number of amides is 1. The monoisotopic (exact) mass is 1940 g/mol. The van der Waals surface area contributed by atoms with Crippen LogP contribution in [-0.2, 0) is 50.1 Å². The lowest BCUT2D eigenvalue weighted by molar-refractivity contribution is -0.116. The number of halogens is 1. The summed E-state index contributed by atoms with van der Waals surface area (Å²) in [5, 5.41) is 21.5. The van der Waals surface area contributed by atoms with Gasteiger partial charge in [0.25, 0.3) is 0 Å². The number of carbonyl (C=O) groups is 1. The van der Waals surface area contributed by atoms with Crippen molar-refractivity contribution in [2.24, 2.45) is 38.7 Å². The van der Waals surface area contributed by atoms with Gasteiger partial charge in [0.05, 0.1) is 179 Å². The predicted molar refractivity (Wildman–Crippen MR) is 536 cm³/mol. The number of hydrogen-bond acceptors (Lipinski definition) is 28. The minimum absolute atomic E-state index is 0. The molecule has 38 heteroatoms. The molecule has 0 unspecified atom stereocenters. The third-order valence-corrected chi connectivity index (χ3v) is 23.5. The number of hydrogen-bond donors (Lipinski definition) is 3. The first-order chi connectivity index (χ1) is 65.7. The highest BCUT2D eigenvalue weighted by molar-refractivity contribution is 8.93. The molecule has 18 rings (SSSR count). The molecular weight excluding hydrogens is 1830 g/mol. The van der Waals surface area contributed by atoms with Gasteiger partial charge in [-0.3, -0.25) is 48.0 Å². The summed E-state index contributed by atoms with van der Waals surface area (Å²) in [5.41, 5.74) is 26.5. The number of ether oxygens (including phenoxy) is 7. The van der Waals surface area contributed by atoms with Gasteiger partial charge in [0.1, 0.15) is 58.9 Å². The number of nitrogens with two attached hydrogens (primary N) is 1. The zero-order chi connectivity index (χ0) is 95.8. The Morgan fingerprint density at radius 2 is 0.803 bits per heavy atom. The maximum atomic E-state index is 11.9. The normalized spacial score (nSPS) is 11.7. The van der Waals surface area contributed by atoms with E-state index in [-0.39, 0.29) is 36.2 Å². The number of benzene rings is 8. The molecule has 137 heavy (non-hydrogen) atoms. The highest BCUT2D eigenvalue weighted by Crippen LogP contribution is 2.43. The summed E-state index contributed by atoms with van der Waals surface area (Å²) in [6.45, 7) is 13.5. The van der Waals surface area contributed by atoms with Gasteiger partial charge in [0, 0.05) is 207 Å². The number of nitrogens with zero attached hydrogens (tertiary/aromatic N) is 24. The van der Waals surface area contributed by atoms with Gasteiger partial charge in [-0.2, -0.15) is 25.5 Å². The highest BCUT2D eigenvalue weighted by Gasteiger charge is 2.28. The van der Waals surface area contributed by atoms with Crippen molar-refractivity contribution in [3.8, 4) is 85.3 Å². The summed E-state index contributed by atoms with van der Waals surface area (Å²) in [6.07, 6.45) is 25.7. The maximum absolute atomic E-state index is 11.9. The Morgan fingerprint density at radius 3 is 1.15 bits per heavy atom. The van der Waals surface area contributed by atoms with Crippen molar-refractivity contribution in [3.63, 3.8) is 0 Å². The highest BCUT2D eigenvalue weighted by atomic mass is 79.9. The zero-order valence-corrected chi connectivity index (χ0v) is 81.6. The topological polar surface area (TPSA) is 387 Å². The molecule has 4 N–H and O–H groups in total. The molecule has 0 saturated heterocycles. The van der Waals surface area contributed by atoms with Crippen LogP contribution in [0.15, 0.2) is 226 Å². The van der Waals surface area contributed by atoms with Crippen LogP contribution in [0.2, 0.25) is 0 Å². The fraction of sp³-hybridized carbons (Fsp3) is 0.283. The molecule has 710 valence electrons. The Balaban J connectivity index is 0.000000146. The number of aromatic nitrogens is 19. The van der Waals surface area contributed by atoms with Gasteiger partial charge in [-0.25, -0.2) is 29.6 Å². The van der Waals surface area contributed by atoms with E-state index in [0.29, 0.717) is 98.5 Å². The van der Waals surface area contributed by atoms with E-state index in [1.54, 1.807) is 135 Å². The van der Waals surface area contributed by atoms with Crippen LogP contribution >= 0.6 is 24.6 Å². The lowest BCUT2D eigenvalue weighted by atomic mass is 10.1. The Morgan fingerprint density at radius 1 is 0.445 bits per heavy atom. The van der Waals surface area contributed by atoms with Crippen molar-refractivity contribution in [1.29, 1.82) is 0 Å². The third-order valence-electron chi connectivity index (χ3n) is 22.7. The van der Waals surface area contributed by atoms with Crippen LogP contribution in [0.1, 0.15) is 45.0 Å². The molecule has 17 aromatic rings. The minimum atomic E-state index is -4.23. The molecule has 1 fully saturated rings. The first kappa shape index (κ1) is 98.0. The molecule has 1 aliphatic rings. The SMILES string of the molecule is Br.CCN(C)Cc1cc(OC)cc(N(CC2CC2)c2ccc3ncc(-c4cnn(C)c4)nc3c2)c1.COc1cc(OC)cc(N(CC(N)=O)c2ccc3ncc(-c4cnn(C)c4)nc3c2)c1.COc1cc(OC)cc(N(CCP(=O)(O)O)c2ccc3ncc(-c4cnn(C)c4)nc3c2)c1.COc1cc(OC)cc(N(CCn2ncnc2C)c2ccc3ncc(-c4cnn(CC(C)C)c4)nc3c2)c1. The molecular formula is C99H111BrN25O11P. The summed E-state index contributed by atoms with van der Waals surface area (Å²) in [5.74, 6) is 6.24. The zero-order valence-electron chi connectivity index (χ0n) is 79.0. The second-order valence-corrected chi connectivity index (χ2v) is 35.0. The Bertz CT molecular complexity index is 7030. The second-order valence-electron chi connectivity index (χ2n) is 33.2. The van der Waals surface area contributed by atoms with Crippen LogP contribution < -0.4 is 58.5 Å². The van der Waals surface area contributed by atoms with E-state index in [9.17, 15) is 19.1 Å². The molecule has 0 radical (unpaired) electrons. The van der Waals surface area contributed by atoms with Crippen molar-refractivity contribution in [1.82, 2.24) is 98.7 Å². The quantitative estimate of drug-likeness (QED) is 0.0315. The average molecular weight is 1940 g/mol. The van der Waals surface area contributed by atoms with Gasteiger partial charge in [-0.05, 0) is 136 Å². The standard InChI is InChI=1S/C28H32N8O2.C27H32N6O.C22H22N6O3.C22H24N5O5P.BrH/c1-19(2)16-34-17-21(14-31-34)28-15-29-26-7-6-22(12-27(26)33-28)35(8-9-36-20(3)30-18-32-36)23-10-24(37-4)13-25(11-23)38-5;1-5-31(2)16-20-10-23(12-24(11-20)34-4)33(17-19-6-7-19)22-8-9-25-26(13-22)30-27(15-28-25)21-14-29-32(3)18-21;1-27-12-14(10-25-27)21-11-24-19-5-4-15(8-20(19)26-21)28(13-22(23)29)16-6-17(30-2)9-18(7-16)31-3;1-26-14-15(12-24-26)22-13-23-20-5-4-16(10-21(20)25-22)27(6-7-33(28,29)30)17-8-18(31-2)11-19(9-17)32-3;/h6-7,10-15,17-19H,8-9,16H2,1-5H3;8-15,18-19H,5-7,16-17H2,1-4H3;4-12H,13H2,1-3H3,(H2,23,29);4-5,8-14H,6-7H2,1-3H3,(H2,28,29,30);1H. The van der Waals surface area contributed by atoms with Gasteiger partial charge < -0.3 is 73.2 Å². The maximum Gasteiger partial charge on any atom is 0.327 e. The van der Waals surface area contributed by atoms with E-state index in [1.165, 1.54) is 18.4 Å². The Labute approximate surface area is 803 Å². The van der Waals surface area contributed by atoms with Crippen molar-refractivity contribution < 1.29 is 52.3 Å². The first-order valence-electron chi connectivity index (χ1n) is 44.1. The number of methoxy groups -OCH3 is 7. The summed E-state index contributed by atoms with van der Waals surface area (Å²) < 4.78 is 58.9. The van der Waals surface area contributed by atoms with E-state index in [0.717, 1.165) is 133 Å².